The first-order valence-corrected chi connectivity index (χ1v) is 7.40. The lowest BCUT2D eigenvalue weighted by atomic mass is 10.2. The molecule has 3 rings (SSSR count). The molecule has 0 aliphatic carbocycles. The van der Waals surface area contributed by atoms with Crippen molar-refractivity contribution in [3.05, 3.63) is 59.7 Å². The highest BCUT2D eigenvalue weighted by molar-refractivity contribution is 7.49. The van der Waals surface area contributed by atoms with Crippen molar-refractivity contribution in [3.63, 3.8) is 0 Å². The Kier molecular flexibility index (Phi) is 3.05. The highest BCUT2D eigenvalue weighted by atomic mass is 31.2. The molecule has 0 radical (unpaired) electrons. The second-order valence-electron chi connectivity index (χ2n) is 4.28. The average molecular weight is 276 g/mol. The molecular formula is C14H13O4P. The fourth-order valence-corrected chi connectivity index (χ4v) is 3.14. The number of para-hydroxylation sites is 2. The Balaban J connectivity index is 1.87. The summed E-state index contributed by atoms with van der Waals surface area (Å²) in [5.41, 5.74) is 1.74. The SMILES string of the molecule is Cc1ccccc1O[P@]1(=O)OCc2ccccc2O1. The van der Waals surface area contributed by atoms with Crippen LogP contribution in [-0.4, -0.2) is 0 Å². The van der Waals surface area contributed by atoms with E-state index in [0.717, 1.165) is 11.1 Å². The molecule has 19 heavy (non-hydrogen) atoms. The fraction of sp³-hybridized carbons (Fsp3) is 0.143. The highest BCUT2D eigenvalue weighted by Gasteiger charge is 2.35. The van der Waals surface area contributed by atoms with E-state index >= 15 is 0 Å². The van der Waals surface area contributed by atoms with Crippen LogP contribution in [0.5, 0.6) is 11.5 Å². The van der Waals surface area contributed by atoms with Crippen LogP contribution in [0.3, 0.4) is 0 Å². The Morgan fingerprint density at radius 2 is 1.84 bits per heavy atom. The van der Waals surface area contributed by atoms with Gasteiger partial charge in [-0.25, -0.2) is 4.57 Å². The molecule has 0 spiro atoms. The summed E-state index contributed by atoms with van der Waals surface area (Å²) in [6, 6.07) is 14.6. The summed E-state index contributed by atoms with van der Waals surface area (Å²) in [6.07, 6.45) is 0. The van der Waals surface area contributed by atoms with Crippen LogP contribution >= 0.6 is 7.82 Å². The third kappa shape index (κ3) is 2.50. The fourth-order valence-electron chi connectivity index (χ4n) is 1.83. The topological polar surface area (TPSA) is 44.8 Å². The molecule has 2 aromatic rings. The van der Waals surface area contributed by atoms with Crippen molar-refractivity contribution in [1.29, 1.82) is 0 Å². The second kappa shape index (κ2) is 4.72. The number of benzene rings is 2. The number of hydrogen-bond acceptors (Lipinski definition) is 4. The van der Waals surface area contributed by atoms with Crippen LogP contribution < -0.4 is 9.05 Å². The van der Waals surface area contributed by atoms with Gasteiger partial charge in [0.15, 0.2) is 0 Å². The zero-order valence-electron chi connectivity index (χ0n) is 10.4. The molecule has 1 aliphatic rings. The first-order valence-electron chi connectivity index (χ1n) is 5.94. The molecule has 1 aliphatic heterocycles. The third-order valence-electron chi connectivity index (χ3n) is 2.86. The van der Waals surface area contributed by atoms with Gasteiger partial charge in [0.25, 0.3) is 0 Å². The molecular weight excluding hydrogens is 263 g/mol. The summed E-state index contributed by atoms with van der Waals surface area (Å²) in [7, 11) is -3.59. The molecule has 0 fully saturated rings. The van der Waals surface area contributed by atoms with Crippen molar-refractivity contribution in [2.45, 2.75) is 13.5 Å². The number of phosphoric ester groups is 1. The largest absolute Gasteiger partial charge is 0.587 e. The summed E-state index contributed by atoms with van der Waals surface area (Å²) in [4.78, 5) is 0. The molecule has 5 heteroatoms. The Bertz CT molecular complexity index is 653. The van der Waals surface area contributed by atoms with E-state index in [1.807, 2.05) is 43.3 Å². The van der Waals surface area contributed by atoms with Crippen LogP contribution in [0.15, 0.2) is 48.5 Å². The normalized spacial score (nSPS) is 21.3. The van der Waals surface area contributed by atoms with E-state index in [1.54, 1.807) is 12.1 Å². The van der Waals surface area contributed by atoms with Crippen molar-refractivity contribution >= 4 is 7.82 Å². The average Bonchev–Trinajstić information content (AvgIpc) is 2.41. The minimum absolute atomic E-state index is 0.222. The lowest BCUT2D eigenvalue weighted by Crippen LogP contribution is -2.11. The maximum absolute atomic E-state index is 12.5. The van der Waals surface area contributed by atoms with Crippen LogP contribution in [-0.2, 0) is 15.7 Å². The van der Waals surface area contributed by atoms with Gasteiger partial charge in [0, 0.05) is 5.56 Å². The maximum Gasteiger partial charge on any atom is 0.587 e. The van der Waals surface area contributed by atoms with Crippen LogP contribution in [0.2, 0.25) is 0 Å². The molecule has 1 heterocycles. The number of hydrogen-bond donors (Lipinski definition) is 0. The number of aryl methyl sites for hydroxylation is 1. The van der Waals surface area contributed by atoms with Crippen molar-refractivity contribution in [2.75, 3.05) is 0 Å². The van der Waals surface area contributed by atoms with Crippen molar-refractivity contribution in [2.24, 2.45) is 0 Å². The van der Waals surface area contributed by atoms with Gasteiger partial charge in [-0.2, -0.15) is 0 Å². The molecule has 0 bridgehead atoms. The van der Waals surface area contributed by atoms with E-state index in [4.69, 9.17) is 13.6 Å². The standard InChI is InChI=1S/C14H13O4P/c1-11-6-2-4-8-13(11)17-19(15)16-10-12-7-3-5-9-14(12)18-19/h2-9H,10H2,1H3/t19-/m0/s1. The zero-order valence-corrected chi connectivity index (χ0v) is 11.3. The minimum atomic E-state index is -3.59. The molecule has 1 atom stereocenters. The first kappa shape index (κ1) is 12.3. The predicted octanol–water partition coefficient (Wildman–Crippen LogP) is 4.09. The molecule has 0 aromatic heterocycles. The Morgan fingerprint density at radius 3 is 2.68 bits per heavy atom. The van der Waals surface area contributed by atoms with Crippen LogP contribution in [0.1, 0.15) is 11.1 Å². The van der Waals surface area contributed by atoms with E-state index in [9.17, 15) is 4.57 Å². The van der Waals surface area contributed by atoms with Gasteiger partial charge >= 0.3 is 7.82 Å². The Morgan fingerprint density at radius 1 is 1.11 bits per heavy atom. The quantitative estimate of drug-likeness (QED) is 0.775. The van der Waals surface area contributed by atoms with Crippen molar-refractivity contribution in [3.8, 4) is 11.5 Å². The molecule has 98 valence electrons. The van der Waals surface area contributed by atoms with E-state index < -0.39 is 7.82 Å². The van der Waals surface area contributed by atoms with Crippen LogP contribution in [0.25, 0.3) is 0 Å². The number of phosphoric acid groups is 1. The van der Waals surface area contributed by atoms with Gasteiger partial charge in [-0.3, -0.25) is 4.52 Å². The summed E-state index contributed by atoms with van der Waals surface area (Å²) >= 11 is 0. The molecule has 0 amide bonds. The van der Waals surface area contributed by atoms with E-state index in [2.05, 4.69) is 0 Å². The molecule has 0 N–H and O–H groups in total. The van der Waals surface area contributed by atoms with Gasteiger partial charge in [-0.1, -0.05) is 36.4 Å². The monoisotopic (exact) mass is 276 g/mol. The van der Waals surface area contributed by atoms with Gasteiger partial charge < -0.3 is 9.05 Å². The summed E-state index contributed by atoms with van der Waals surface area (Å²) in [5.74, 6) is 1.05. The summed E-state index contributed by atoms with van der Waals surface area (Å²) in [5, 5.41) is 0. The molecule has 0 saturated carbocycles. The number of fused-ring (bicyclic) bond motifs is 1. The Hall–Kier alpha value is -1.77. The van der Waals surface area contributed by atoms with Crippen molar-refractivity contribution in [1.82, 2.24) is 0 Å². The smallest absolute Gasteiger partial charge is 0.395 e. The summed E-state index contributed by atoms with van der Waals surface area (Å²) in [6.45, 7) is 2.10. The van der Waals surface area contributed by atoms with E-state index in [-0.39, 0.29) is 6.61 Å². The van der Waals surface area contributed by atoms with Crippen LogP contribution in [0.4, 0.5) is 0 Å². The van der Waals surface area contributed by atoms with Gasteiger partial charge in [0.1, 0.15) is 11.5 Å². The van der Waals surface area contributed by atoms with Gasteiger partial charge in [0.05, 0.1) is 6.61 Å². The zero-order chi connectivity index (χ0) is 13.3. The highest BCUT2D eigenvalue weighted by Crippen LogP contribution is 2.54. The lowest BCUT2D eigenvalue weighted by Gasteiger charge is -2.25. The molecule has 0 saturated heterocycles. The second-order valence-corrected chi connectivity index (χ2v) is 5.79. The lowest BCUT2D eigenvalue weighted by molar-refractivity contribution is 0.181. The van der Waals surface area contributed by atoms with Gasteiger partial charge in [-0.15, -0.1) is 0 Å². The predicted molar refractivity (Wildman–Crippen MR) is 71.3 cm³/mol. The van der Waals surface area contributed by atoms with Gasteiger partial charge in [0.2, 0.25) is 0 Å². The van der Waals surface area contributed by atoms with Crippen LogP contribution in [0, 0.1) is 6.92 Å². The maximum atomic E-state index is 12.5. The molecule has 0 unspecified atom stereocenters. The molecule has 4 nitrogen and oxygen atoms in total. The number of rotatable bonds is 2. The Labute approximate surface area is 111 Å². The minimum Gasteiger partial charge on any atom is -0.395 e. The van der Waals surface area contributed by atoms with E-state index in [1.165, 1.54) is 0 Å². The van der Waals surface area contributed by atoms with E-state index in [0.29, 0.717) is 11.5 Å². The molecule has 2 aromatic carbocycles. The van der Waals surface area contributed by atoms with Crippen molar-refractivity contribution < 1.29 is 18.1 Å². The first-order chi connectivity index (χ1) is 9.16. The third-order valence-corrected chi connectivity index (χ3v) is 4.15. The van der Waals surface area contributed by atoms with Gasteiger partial charge in [-0.05, 0) is 24.6 Å². The summed E-state index contributed by atoms with van der Waals surface area (Å²) < 4.78 is 28.5.